The van der Waals surface area contributed by atoms with Crippen LogP contribution < -0.4 is 0 Å². The number of hydrogen-bond acceptors (Lipinski definition) is 2. The Hall–Kier alpha value is -1.23. The number of benzene rings is 1. The van der Waals surface area contributed by atoms with Gasteiger partial charge in [-0.15, -0.1) is 11.8 Å². The Kier molecular flexibility index (Phi) is 5.47. The van der Waals surface area contributed by atoms with Crippen molar-refractivity contribution in [3.63, 3.8) is 0 Å². The second-order valence-electron chi connectivity index (χ2n) is 3.67. The van der Waals surface area contributed by atoms with Crippen LogP contribution in [-0.4, -0.2) is 11.5 Å². The van der Waals surface area contributed by atoms with Gasteiger partial charge < -0.3 is 0 Å². The van der Waals surface area contributed by atoms with Gasteiger partial charge in [-0.3, -0.25) is 4.79 Å². The zero-order chi connectivity index (χ0) is 13.6. The van der Waals surface area contributed by atoms with Crippen molar-refractivity contribution < 1.29 is 18.0 Å². The number of ketones is 1. The monoisotopic (exact) mass is 274 g/mol. The van der Waals surface area contributed by atoms with Crippen molar-refractivity contribution in [2.75, 3.05) is 5.75 Å². The molecule has 0 radical (unpaired) electrons. The van der Waals surface area contributed by atoms with E-state index in [0.29, 0.717) is 6.42 Å². The molecule has 18 heavy (non-hydrogen) atoms. The summed E-state index contributed by atoms with van der Waals surface area (Å²) in [6.45, 7) is 1.47. The van der Waals surface area contributed by atoms with Gasteiger partial charge in [0, 0.05) is 10.6 Å². The average Bonchev–Trinajstić information content (AvgIpc) is 2.27. The van der Waals surface area contributed by atoms with Crippen LogP contribution in [0.15, 0.2) is 41.3 Å². The number of carbonyl (C=O) groups is 1. The number of alkyl halides is 3. The zero-order valence-corrected chi connectivity index (χ0v) is 10.6. The van der Waals surface area contributed by atoms with Gasteiger partial charge in [0.05, 0.1) is 5.56 Å². The first-order chi connectivity index (χ1) is 8.39. The summed E-state index contributed by atoms with van der Waals surface area (Å²) in [6.07, 6.45) is -0.314. The molecule has 0 aliphatic rings. The predicted molar refractivity (Wildman–Crippen MR) is 66.6 cm³/mol. The summed E-state index contributed by atoms with van der Waals surface area (Å²) in [6, 6.07) is 5.08. The maximum absolute atomic E-state index is 12.3. The fraction of sp³-hybridized carbons (Fsp3) is 0.308. The summed E-state index contributed by atoms with van der Waals surface area (Å²) in [7, 11) is 0. The van der Waals surface area contributed by atoms with E-state index in [1.165, 1.54) is 36.9 Å². The highest BCUT2D eigenvalue weighted by Gasteiger charge is 2.29. The Morgan fingerprint density at radius 2 is 1.89 bits per heavy atom. The van der Waals surface area contributed by atoms with Gasteiger partial charge >= 0.3 is 6.18 Å². The molecule has 0 amide bonds. The van der Waals surface area contributed by atoms with E-state index in [1.54, 1.807) is 6.08 Å². The lowest BCUT2D eigenvalue weighted by atomic mass is 10.2. The Labute approximate surface area is 108 Å². The van der Waals surface area contributed by atoms with Gasteiger partial charge in [-0.25, -0.2) is 0 Å². The third-order valence-electron chi connectivity index (χ3n) is 2.09. The maximum atomic E-state index is 12.3. The Balaban J connectivity index is 2.43. The summed E-state index contributed by atoms with van der Waals surface area (Å²) in [4.78, 5) is 11.4. The zero-order valence-electron chi connectivity index (χ0n) is 9.83. The molecular formula is C13H13F3OS. The van der Waals surface area contributed by atoms with Crippen LogP contribution >= 0.6 is 11.8 Å². The van der Waals surface area contributed by atoms with E-state index in [1.807, 2.05) is 0 Å². The van der Waals surface area contributed by atoms with E-state index in [9.17, 15) is 18.0 Å². The van der Waals surface area contributed by atoms with Crippen molar-refractivity contribution in [1.29, 1.82) is 0 Å². The van der Waals surface area contributed by atoms with Crippen molar-refractivity contribution in [3.8, 4) is 0 Å². The first-order valence-corrected chi connectivity index (χ1v) is 6.35. The second-order valence-corrected chi connectivity index (χ2v) is 4.84. The predicted octanol–water partition coefficient (Wildman–Crippen LogP) is 4.33. The summed E-state index contributed by atoms with van der Waals surface area (Å²) in [5.41, 5.74) is -0.636. The molecule has 0 unspecified atom stereocenters. The van der Waals surface area contributed by atoms with Crippen molar-refractivity contribution in [3.05, 3.63) is 42.0 Å². The molecule has 0 N–H and O–H groups in total. The van der Waals surface area contributed by atoms with Gasteiger partial charge in [-0.05, 0) is 43.7 Å². The van der Waals surface area contributed by atoms with Gasteiger partial charge in [0.25, 0.3) is 0 Å². The smallest absolute Gasteiger partial charge is 0.295 e. The van der Waals surface area contributed by atoms with E-state index in [0.717, 1.165) is 22.8 Å². The number of halogens is 3. The molecule has 1 aromatic rings. The quantitative estimate of drug-likeness (QED) is 0.451. The van der Waals surface area contributed by atoms with Gasteiger partial charge in [0.1, 0.15) is 0 Å². The van der Waals surface area contributed by atoms with Crippen LogP contribution in [0.2, 0.25) is 0 Å². The van der Waals surface area contributed by atoms with E-state index in [-0.39, 0.29) is 5.78 Å². The Morgan fingerprint density at radius 3 is 2.39 bits per heavy atom. The van der Waals surface area contributed by atoms with Crippen LogP contribution in [0.25, 0.3) is 0 Å². The lowest BCUT2D eigenvalue weighted by Gasteiger charge is -2.06. The highest BCUT2D eigenvalue weighted by Crippen LogP contribution is 2.30. The standard InChI is InChI=1S/C13H13F3OS/c1-10(17)4-2-3-9-18-12-7-5-11(6-8-12)13(14,15)16/h2,4-8H,3,9H2,1H3/b4-2+. The average molecular weight is 274 g/mol. The highest BCUT2D eigenvalue weighted by atomic mass is 32.2. The van der Waals surface area contributed by atoms with E-state index in [4.69, 9.17) is 0 Å². The summed E-state index contributed by atoms with van der Waals surface area (Å²) >= 11 is 1.46. The topological polar surface area (TPSA) is 17.1 Å². The minimum Gasteiger partial charge on any atom is -0.295 e. The van der Waals surface area contributed by atoms with Gasteiger partial charge in [0.15, 0.2) is 5.78 Å². The second kappa shape index (κ2) is 6.64. The molecule has 0 saturated carbocycles. The van der Waals surface area contributed by atoms with Crippen molar-refractivity contribution in [2.24, 2.45) is 0 Å². The molecule has 1 rings (SSSR count). The molecule has 0 heterocycles. The minimum absolute atomic E-state index is 0.00506. The summed E-state index contributed by atoms with van der Waals surface area (Å²) < 4.78 is 36.9. The minimum atomic E-state index is -4.28. The molecule has 0 atom stereocenters. The molecule has 0 aliphatic carbocycles. The van der Waals surface area contributed by atoms with Crippen LogP contribution in [-0.2, 0) is 11.0 Å². The Bertz CT molecular complexity index is 421. The molecule has 1 nitrogen and oxygen atoms in total. The fourth-order valence-electron chi connectivity index (χ4n) is 1.23. The van der Waals surface area contributed by atoms with Crippen LogP contribution in [0.1, 0.15) is 18.9 Å². The lowest BCUT2D eigenvalue weighted by Crippen LogP contribution is -2.03. The third kappa shape index (κ3) is 5.40. The molecule has 0 spiro atoms. The van der Waals surface area contributed by atoms with Gasteiger partial charge in [0.2, 0.25) is 0 Å². The van der Waals surface area contributed by atoms with Crippen LogP contribution in [0.5, 0.6) is 0 Å². The Morgan fingerprint density at radius 1 is 1.28 bits per heavy atom. The first-order valence-electron chi connectivity index (χ1n) is 5.37. The van der Waals surface area contributed by atoms with Crippen molar-refractivity contribution in [2.45, 2.75) is 24.4 Å². The number of thioether (sulfide) groups is 1. The van der Waals surface area contributed by atoms with Crippen LogP contribution in [0.3, 0.4) is 0 Å². The SMILES string of the molecule is CC(=O)/C=C/CCSc1ccc(C(F)(F)F)cc1. The normalized spacial score (nSPS) is 12.0. The largest absolute Gasteiger partial charge is 0.416 e. The van der Waals surface area contributed by atoms with Gasteiger partial charge in [-0.1, -0.05) is 6.08 Å². The third-order valence-corrected chi connectivity index (χ3v) is 3.13. The van der Waals surface area contributed by atoms with Gasteiger partial charge in [-0.2, -0.15) is 13.2 Å². The molecule has 0 bridgehead atoms. The van der Waals surface area contributed by atoms with E-state index < -0.39 is 11.7 Å². The molecule has 98 valence electrons. The number of rotatable bonds is 5. The number of hydrogen-bond donors (Lipinski definition) is 0. The maximum Gasteiger partial charge on any atom is 0.416 e. The summed E-state index contributed by atoms with van der Waals surface area (Å²) in [5, 5.41) is 0. The molecular weight excluding hydrogens is 261 g/mol. The van der Waals surface area contributed by atoms with Crippen molar-refractivity contribution >= 4 is 17.5 Å². The van der Waals surface area contributed by atoms with Crippen LogP contribution in [0.4, 0.5) is 13.2 Å². The van der Waals surface area contributed by atoms with Crippen molar-refractivity contribution in [1.82, 2.24) is 0 Å². The summed E-state index contributed by atoms with van der Waals surface area (Å²) in [5.74, 6) is 0.726. The molecule has 0 aromatic heterocycles. The number of carbonyl (C=O) groups excluding carboxylic acids is 1. The first kappa shape index (κ1) is 14.8. The molecule has 0 saturated heterocycles. The molecule has 1 aromatic carbocycles. The molecule has 0 fully saturated rings. The highest BCUT2D eigenvalue weighted by molar-refractivity contribution is 7.99. The molecule has 0 aliphatic heterocycles. The van der Waals surface area contributed by atoms with Crippen LogP contribution in [0, 0.1) is 0 Å². The molecule has 5 heteroatoms. The number of allylic oxidation sites excluding steroid dienone is 2. The van der Waals surface area contributed by atoms with E-state index in [2.05, 4.69) is 0 Å². The van der Waals surface area contributed by atoms with E-state index >= 15 is 0 Å². The lowest BCUT2D eigenvalue weighted by molar-refractivity contribution is -0.137. The fourth-order valence-corrected chi connectivity index (χ4v) is 2.05.